The molecule has 2 fully saturated rings. The molecule has 126 valence electrons. The fourth-order valence-corrected chi connectivity index (χ4v) is 3.06. The van der Waals surface area contributed by atoms with Gasteiger partial charge in [0.05, 0.1) is 12.2 Å². The maximum absolute atomic E-state index is 12.7. The first-order chi connectivity index (χ1) is 10.9. The van der Waals surface area contributed by atoms with Crippen molar-refractivity contribution in [3.8, 4) is 5.75 Å². The summed E-state index contributed by atoms with van der Waals surface area (Å²) in [6.07, 6.45) is -2.43. The first-order valence-electron chi connectivity index (χ1n) is 7.68. The Morgan fingerprint density at radius 3 is 2.52 bits per heavy atom. The highest BCUT2D eigenvalue weighted by molar-refractivity contribution is 5.77. The number of hydrogen-bond acceptors (Lipinski definition) is 4. The van der Waals surface area contributed by atoms with E-state index in [2.05, 4.69) is 4.90 Å². The molecule has 23 heavy (non-hydrogen) atoms. The molecule has 1 aromatic carbocycles. The van der Waals surface area contributed by atoms with Gasteiger partial charge in [-0.05, 0) is 31.0 Å². The average molecular weight is 329 g/mol. The quantitative estimate of drug-likeness (QED) is 0.800. The summed E-state index contributed by atoms with van der Waals surface area (Å²) in [5, 5.41) is 0. The molecule has 2 heterocycles. The standard InChI is InChI=1S/C16H18F3NO3/c17-16(18,19)11-2-1-3-13(10-11)23-12-4-7-20(8-5-12)14-6-9-22-15(14)21/h1-3,10,12,14H,4-9H2. The zero-order valence-corrected chi connectivity index (χ0v) is 12.5. The fourth-order valence-electron chi connectivity index (χ4n) is 3.06. The fraction of sp³-hybridized carbons (Fsp3) is 0.562. The van der Waals surface area contributed by atoms with Crippen LogP contribution in [0.15, 0.2) is 24.3 Å². The number of nitrogens with zero attached hydrogens (tertiary/aromatic N) is 1. The van der Waals surface area contributed by atoms with Crippen molar-refractivity contribution in [2.75, 3.05) is 19.7 Å². The van der Waals surface area contributed by atoms with Crippen molar-refractivity contribution in [3.63, 3.8) is 0 Å². The molecule has 4 nitrogen and oxygen atoms in total. The van der Waals surface area contributed by atoms with Gasteiger partial charge in [0.1, 0.15) is 17.9 Å². The summed E-state index contributed by atoms with van der Waals surface area (Å²) in [6, 6.07) is 4.77. The summed E-state index contributed by atoms with van der Waals surface area (Å²) in [4.78, 5) is 13.6. The van der Waals surface area contributed by atoms with Crippen LogP contribution in [0.3, 0.4) is 0 Å². The minimum atomic E-state index is -4.37. The minimum absolute atomic E-state index is 0.132. The lowest BCUT2D eigenvalue weighted by Crippen LogP contribution is -2.46. The van der Waals surface area contributed by atoms with Gasteiger partial charge >= 0.3 is 12.1 Å². The van der Waals surface area contributed by atoms with Gasteiger partial charge in [-0.2, -0.15) is 13.2 Å². The predicted octanol–water partition coefficient (Wildman–Crippen LogP) is 2.86. The third-order valence-corrected chi connectivity index (χ3v) is 4.29. The molecule has 1 atom stereocenters. The zero-order chi connectivity index (χ0) is 16.4. The molecular formula is C16H18F3NO3. The van der Waals surface area contributed by atoms with Crippen molar-refractivity contribution in [2.24, 2.45) is 0 Å². The Morgan fingerprint density at radius 1 is 1.17 bits per heavy atom. The van der Waals surface area contributed by atoms with Gasteiger partial charge in [0.15, 0.2) is 0 Å². The van der Waals surface area contributed by atoms with E-state index < -0.39 is 11.7 Å². The maximum atomic E-state index is 12.7. The number of cyclic esters (lactones) is 1. The summed E-state index contributed by atoms with van der Waals surface area (Å²) in [5.74, 6) is 0.0563. The van der Waals surface area contributed by atoms with Crippen LogP contribution in [0.4, 0.5) is 13.2 Å². The van der Waals surface area contributed by atoms with E-state index in [1.807, 2.05) is 0 Å². The molecule has 3 rings (SSSR count). The van der Waals surface area contributed by atoms with E-state index in [0.717, 1.165) is 12.1 Å². The van der Waals surface area contributed by atoms with Crippen molar-refractivity contribution < 1.29 is 27.4 Å². The number of likely N-dealkylation sites (tertiary alicyclic amines) is 1. The van der Waals surface area contributed by atoms with Gasteiger partial charge in [0.2, 0.25) is 0 Å². The molecule has 0 amide bonds. The molecule has 2 aliphatic rings. The highest BCUT2D eigenvalue weighted by atomic mass is 19.4. The molecule has 0 radical (unpaired) electrons. The molecular weight excluding hydrogens is 311 g/mol. The summed E-state index contributed by atoms with van der Waals surface area (Å²) < 4.78 is 48.8. The van der Waals surface area contributed by atoms with E-state index in [1.165, 1.54) is 12.1 Å². The van der Waals surface area contributed by atoms with E-state index in [4.69, 9.17) is 9.47 Å². The molecule has 0 bridgehead atoms. The number of rotatable bonds is 3. The van der Waals surface area contributed by atoms with Crippen molar-refractivity contribution in [2.45, 2.75) is 37.6 Å². The number of halogens is 3. The number of piperidine rings is 1. The number of benzene rings is 1. The van der Waals surface area contributed by atoms with Crippen LogP contribution < -0.4 is 4.74 Å². The van der Waals surface area contributed by atoms with Crippen LogP contribution in [-0.2, 0) is 15.7 Å². The third kappa shape index (κ3) is 3.77. The lowest BCUT2D eigenvalue weighted by molar-refractivity contribution is -0.143. The van der Waals surface area contributed by atoms with E-state index in [0.29, 0.717) is 39.0 Å². The number of carbonyl (C=O) groups excluding carboxylic acids is 1. The van der Waals surface area contributed by atoms with E-state index in [9.17, 15) is 18.0 Å². The van der Waals surface area contributed by atoms with Gasteiger partial charge in [0, 0.05) is 19.5 Å². The van der Waals surface area contributed by atoms with Crippen LogP contribution in [0.25, 0.3) is 0 Å². The minimum Gasteiger partial charge on any atom is -0.490 e. The number of carbonyl (C=O) groups is 1. The lowest BCUT2D eigenvalue weighted by atomic mass is 10.0. The van der Waals surface area contributed by atoms with Gasteiger partial charge in [-0.1, -0.05) is 6.07 Å². The molecule has 1 unspecified atom stereocenters. The Morgan fingerprint density at radius 2 is 1.91 bits per heavy atom. The predicted molar refractivity (Wildman–Crippen MR) is 76.0 cm³/mol. The number of esters is 1. The Bertz CT molecular complexity index is 568. The molecule has 0 saturated carbocycles. The van der Waals surface area contributed by atoms with Gasteiger partial charge in [0.25, 0.3) is 0 Å². The molecule has 1 aromatic rings. The van der Waals surface area contributed by atoms with Crippen molar-refractivity contribution in [1.82, 2.24) is 4.90 Å². The van der Waals surface area contributed by atoms with E-state index >= 15 is 0 Å². The Hall–Kier alpha value is -1.76. The molecule has 0 aliphatic carbocycles. The molecule has 0 aromatic heterocycles. The zero-order valence-electron chi connectivity index (χ0n) is 12.5. The monoisotopic (exact) mass is 329 g/mol. The van der Waals surface area contributed by atoms with Crippen LogP contribution in [0.1, 0.15) is 24.8 Å². The second-order valence-electron chi connectivity index (χ2n) is 5.85. The number of ether oxygens (including phenoxy) is 2. The summed E-state index contributed by atoms with van der Waals surface area (Å²) in [5.41, 5.74) is -0.707. The highest BCUT2D eigenvalue weighted by Crippen LogP contribution is 2.32. The molecule has 0 N–H and O–H groups in total. The summed E-state index contributed by atoms with van der Waals surface area (Å²) >= 11 is 0. The van der Waals surface area contributed by atoms with E-state index in [1.54, 1.807) is 0 Å². The second kappa shape index (κ2) is 6.39. The van der Waals surface area contributed by atoms with Crippen molar-refractivity contribution >= 4 is 5.97 Å². The van der Waals surface area contributed by atoms with Crippen molar-refractivity contribution in [1.29, 1.82) is 0 Å². The van der Waals surface area contributed by atoms with Crippen LogP contribution in [0.5, 0.6) is 5.75 Å². The smallest absolute Gasteiger partial charge is 0.416 e. The van der Waals surface area contributed by atoms with Crippen molar-refractivity contribution in [3.05, 3.63) is 29.8 Å². The van der Waals surface area contributed by atoms with Gasteiger partial charge in [-0.15, -0.1) is 0 Å². The van der Waals surface area contributed by atoms with Crippen LogP contribution in [-0.4, -0.2) is 42.7 Å². The second-order valence-corrected chi connectivity index (χ2v) is 5.85. The number of alkyl halides is 3. The summed E-state index contributed by atoms with van der Waals surface area (Å²) in [6.45, 7) is 1.83. The van der Waals surface area contributed by atoms with Crippen LogP contribution in [0.2, 0.25) is 0 Å². The average Bonchev–Trinajstić information content (AvgIpc) is 2.94. The molecule has 0 spiro atoms. The Labute approximate surface area is 132 Å². The lowest BCUT2D eigenvalue weighted by Gasteiger charge is -2.34. The first-order valence-corrected chi connectivity index (χ1v) is 7.68. The van der Waals surface area contributed by atoms with Gasteiger partial charge in [-0.3, -0.25) is 9.69 Å². The maximum Gasteiger partial charge on any atom is 0.416 e. The normalized spacial score (nSPS) is 23.8. The van der Waals surface area contributed by atoms with Crippen LogP contribution in [0, 0.1) is 0 Å². The summed E-state index contributed by atoms with van der Waals surface area (Å²) in [7, 11) is 0. The van der Waals surface area contributed by atoms with Gasteiger partial charge in [-0.25, -0.2) is 0 Å². The first kappa shape index (κ1) is 16.1. The number of hydrogen-bond donors (Lipinski definition) is 0. The molecule has 7 heteroatoms. The SMILES string of the molecule is O=C1OCCC1N1CCC(Oc2cccc(C(F)(F)F)c2)CC1. The molecule has 2 aliphatic heterocycles. The highest BCUT2D eigenvalue weighted by Gasteiger charge is 2.35. The van der Waals surface area contributed by atoms with E-state index in [-0.39, 0.29) is 23.9 Å². The topological polar surface area (TPSA) is 38.8 Å². The third-order valence-electron chi connectivity index (χ3n) is 4.29. The van der Waals surface area contributed by atoms with Crippen LogP contribution >= 0.6 is 0 Å². The Balaban J connectivity index is 1.56. The Kier molecular flexibility index (Phi) is 4.48. The largest absolute Gasteiger partial charge is 0.490 e. The molecule has 2 saturated heterocycles. The van der Waals surface area contributed by atoms with Gasteiger partial charge < -0.3 is 9.47 Å².